The third kappa shape index (κ3) is 17.2. The highest BCUT2D eigenvalue weighted by atomic mass is 32.2. The number of carbonyl (C=O) groups excluding carboxylic acids is 2. The van der Waals surface area contributed by atoms with E-state index in [9.17, 15) is 9.59 Å². The van der Waals surface area contributed by atoms with E-state index >= 15 is 0 Å². The Morgan fingerprint density at radius 2 is 1.50 bits per heavy atom. The molecule has 0 aliphatic carbocycles. The van der Waals surface area contributed by atoms with Crippen molar-refractivity contribution in [3.05, 3.63) is 0 Å². The van der Waals surface area contributed by atoms with Gasteiger partial charge in [0.1, 0.15) is 6.61 Å². The van der Waals surface area contributed by atoms with Crippen molar-refractivity contribution in [2.75, 3.05) is 71.5 Å². The number of hydrogen-bond donors (Lipinski definition) is 2. The van der Waals surface area contributed by atoms with E-state index in [1.165, 1.54) is 0 Å². The molecule has 0 spiro atoms. The number of ether oxygens (including phenoxy) is 4. The summed E-state index contributed by atoms with van der Waals surface area (Å²) in [6, 6.07) is 0. The molecule has 8 nitrogen and oxygen atoms in total. The smallest absolute Gasteiger partial charge is 0.246 e. The van der Waals surface area contributed by atoms with Crippen LogP contribution in [0.2, 0.25) is 0 Å². The second-order valence-corrected chi connectivity index (χ2v) is 4.86. The molecule has 22 heavy (non-hydrogen) atoms. The summed E-state index contributed by atoms with van der Waals surface area (Å²) in [5.41, 5.74) is 0. The maximum Gasteiger partial charge on any atom is 0.246 e. The standard InChI is InChI=1S/C13H26N2O6S/c1-22-12-15-13(17)10-21-9-8-20-7-6-19-5-4-18-3-2-14-11-16/h11H,2-10,12H2,1H3,(H,14,16)(H,15,17). The van der Waals surface area contributed by atoms with Crippen LogP contribution in [0, 0.1) is 0 Å². The summed E-state index contributed by atoms with van der Waals surface area (Å²) < 4.78 is 20.9. The molecule has 0 saturated heterocycles. The highest BCUT2D eigenvalue weighted by Gasteiger charge is 1.99. The lowest BCUT2D eigenvalue weighted by atomic mass is 10.6. The van der Waals surface area contributed by atoms with E-state index in [0.29, 0.717) is 65.1 Å². The van der Waals surface area contributed by atoms with Gasteiger partial charge in [0.05, 0.1) is 52.1 Å². The van der Waals surface area contributed by atoms with Gasteiger partial charge in [0.15, 0.2) is 0 Å². The average Bonchev–Trinajstić information content (AvgIpc) is 2.53. The maximum atomic E-state index is 11.2. The number of rotatable bonds is 17. The fourth-order valence-electron chi connectivity index (χ4n) is 1.22. The van der Waals surface area contributed by atoms with E-state index in [1.807, 2.05) is 6.26 Å². The summed E-state index contributed by atoms with van der Waals surface area (Å²) >= 11 is 1.54. The molecule has 0 saturated carbocycles. The van der Waals surface area contributed by atoms with Crippen molar-refractivity contribution in [2.24, 2.45) is 0 Å². The van der Waals surface area contributed by atoms with Gasteiger partial charge >= 0.3 is 0 Å². The molecule has 9 heteroatoms. The fraction of sp³-hybridized carbons (Fsp3) is 0.846. The summed E-state index contributed by atoms with van der Waals surface area (Å²) in [5.74, 6) is 0.467. The summed E-state index contributed by atoms with van der Waals surface area (Å²) in [5, 5.41) is 5.18. The summed E-state index contributed by atoms with van der Waals surface area (Å²) in [4.78, 5) is 21.1. The lowest BCUT2D eigenvalue weighted by Gasteiger charge is -2.07. The summed E-state index contributed by atoms with van der Waals surface area (Å²) in [6.45, 7) is 3.73. The van der Waals surface area contributed by atoms with Gasteiger partial charge in [-0.3, -0.25) is 9.59 Å². The molecule has 0 fully saturated rings. The normalized spacial score (nSPS) is 10.4. The molecule has 0 rings (SSSR count). The van der Waals surface area contributed by atoms with E-state index in [2.05, 4.69) is 10.6 Å². The maximum absolute atomic E-state index is 11.2. The van der Waals surface area contributed by atoms with E-state index in [1.54, 1.807) is 11.8 Å². The van der Waals surface area contributed by atoms with Crippen molar-refractivity contribution >= 4 is 24.1 Å². The molecule has 0 bridgehead atoms. The van der Waals surface area contributed by atoms with Crippen LogP contribution in [-0.4, -0.2) is 83.8 Å². The van der Waals surface area contributed by atoms with E-state index in [4.69, 9.17) is 18.9 Å². The predicted molar refractivity (Wildman–Crippen MR) is 83.9 cm³/mol. The van der Waals surface area contributed by atoms with Gasteiger partial charge in [-0.1, -0.05) is 0 Å². The van der Waals surface area contributed by atoms with Crippen LogP contribution in [0.5, 0.6) is 0 Å². The van der Waals surface area contributed by atoms with Crippen LogP contribution in [0.3, 0.4) is 0 Å². The molecular weight excluding hydrogens is 312 g/mol. The van der Waals surface area contributed by atoms with Crippen LogP contribution in [0.25, 0.3) is 0 Å². The topological polar surface area (TPSA) is 95.1 Å². The Labute approximate surface area is 135 Å². The van der Waals surface area contributed by atoms with Crippen molar-refractivity contribution in [1.29, 1.82) is 0 Å². The molecule has 2 N–H and O–H groups in total. The quantitative estimate of drug-likeness (QED) is 0.204. The van der Waals surface area contributed by atoms with Gasteiger partial charge in [-0.25, -0.2) is 0 Å². The first-order chi connectivity index (χ1) is 10.8. The average molecular weight is 338 g/mol. The van der Waals surface area contributed by atoms with Crippen molar-refractivity contribution in [3.63, 3.8) is 0 Å². The third-order valence-corrected chi connectivity index (χ3v) is 2.67. The first-order valence-electron chi connectivity index (χ1n) is 7.05. The molecular formula is C13H26N2O6S. The van der Waals surface area contributed by atoms with E-state index in [-0.39, 0.29) is 12.5 Å². The molecule has 0 aliphatic rings. The molecule has 0 aromatic rings. The lowest BCUT2D eigenvalue weighted by Crippen LogP contribution is -2.27. The first-order valence-corrected chi connectivity index (χ1v) is 8.44. The van der Waals surface area contributed by atoms with Gasteiger partial charge in [-0.2, -0.15) is 0 Å². The van der Waals surface area contributed by atoms with Crippen LogP contribution >= 0.6 is 11.8 Å². The molecule has 0 radical (unpaired) electrons. The van der Waals surface area contributed by atoms with Gasteiger partial charge in [0, 0.05) is 6.54 Å². The SMILES string of the molecule is CSCNC(=O)COCCOCCOCCOCCNC=O. The first kappa shape index (κ1) is 21.1. The Balaban J connectivity index is 3.05. The second kappa shape index (κ2) is 18.2. The van der Waals surface area contributed by atoms with Crippen molar-refractivity contribution in [2.45, 2.75) is 0 Å². The van der Waals surface area contributed by atoms with Gasteiger partial charge in [0.2, 0.25) is 12.3 Å². The minimum Gasteiger partial charge on any atom is -0.377 e. The molecule has 0 heterocycles. The van der Waals surface area contributed by atoms with Crippen LogP contribution in [0.15, 0.2) is 0 Å². The van der Waals surface area contributed by atoms with Crippen molar-refractivity contribution in [3.8, 4) is 0 Å². The Kier molecular flexibility index (Phi) is 17.5. The minimum atomic E-state index is -0.124. The van der Waals surface area contributed by atoms with E-state index in [0.717, 1.165) is 0 Å². The van der Waals surface area contributed by atoms with Crippen LogP contribution in [-0.2, 0) is 28.5 Å². The number of carbonyl (C=O) groups is 2. The predicted octanol–water partition coefficient (Wildman–Crippen LogP) is -0.764. The Morgan fingerprint density at radius 1 is 0.955 bits per heavy atom. The molecule has 0 aromatic heterocycles. The lowest BCUT2D eigenvalue weighted by molar-refractivity contribution is -0.125. The van der Waals surface area contributed by atoms with E-state index < -0.39 is 0 Å². The molecule has 0 unspecified atom stereocenters. The van der Waals surface area contributed by atoms with Gasteiger partial charge < -0.3 is 29.6 Å². The Hall–Kier alpha value is -0.870. The molecule has 0 aliphatic heterocycles. The van der Waals surface area contributed by atoms with Gasteiger partial charge in [-0.15, -0.1) is 11.8 Å². The van der Waals surface area contributed by atoms with Crippen LogP contribution in [0.1, 0.15) is 0 Å². The van der Waals surface area contributed by atoms with Gasteiger partial charge in [0.25, 0.3) is 0 Å². The number of nitrogens with one attached hydrogen (secondary N) is 2. The third-order valence-electron chi connectivity index (χ3n) is 2.24. The van der Waals surface area contributed by atoms with Gasteiger partial charge in [-0.05, 0) is 6.26 Å². The largest absolute Gasteiger partial charge is 0.377 e. The second-order valence-electron chi connectivity index (χ2n) is 3.99. The zero-order valence-corrected chi connectivity index (χ0v) is 13.8. The molecule has 0 atom stereocenters. The minimum absolute atomic E-state index is 0.0523. The Bertz CT molecular complexity index is 271. The Morgan fingerprint density at radius 3 is 2.05 bits per heavy atom. The monoisotopic (exact) mass is 338 g/mol. The summed E-state index contributed by atoms with van der Waals surface area (Å²) in [7, 11) is 0. The highest BCUT2D eigenvalue weighted by Crippen LogP contribution is 1.86. The molecule has 130 valence electrons. The summed E-state index contributed by atoms with van der Waals surface area (Å²) in [6.07, 6.45) is 2.55. The molecule has 0 aromatic carbocycles. The highest BCUT2D eigenvalue weighted by molar-refractivity contribution is 7.98. The molecule has 2 amide bonds. The zero-order chi connectivity index (χ0) is 16.3. The van der Waals surface area contributed by atoms with Crippen molar-refractivity contribution < 1.29 is 28.5 Å². The van der Waals surface area contributed by atoms with Crippen LogP contribution in [0.4, 0.5) is 0 Å². The van der Waals surface area contributed by atoms with Crippen molar-refractivity contribution in [1.82, 2.24) is 10.6 Å². The number of thioether (sulfide) groups is 1. The van der Waals surface area contributed by atoms with Crippen LogP contribution < -0.4 is 10.6 Å². The zero-order valence-electron chi connectivity index (χ0n) is 13.0. The fourth-order valence-corrected chi connectivity index (χ4v) is 1.52. The number of hydrogen-bond acceptors (Lipinski definition) is 7. The number of amides is 2.